The molecule has 0 spiro atoms. The lowest BCUT2D eigenvalue weighted by atomic mass is 9.53. The molecule has 36 heavy (non-hydrogen) atoms. The van der Waals surface area contributed by atoms with Gasteiger partial charge in [-0.05, 0) is 85.1 Å². The van der Waals surface area contributed by atoms with Gasteiger partial charge in [0.25, 0.3) is 0 Å². The van der Waals surface area contributed by atoms with Crippen molar-refractivity contribution in [3.63, 3.8) is 0 Å². The fourth-order valence-electron chi connectivity index (χ4n) is 6.60. The number of hydrogen-bond donors (Lipinski definition) is 1. The van der Waals surface area contributed by atoms with Gasteiger partial charge in [-0.25, -0.2) is 9.97 Å². The summed E-state index contributed by atoms with van der Waals surface area (Å²) in [5.74, 6) is 2.72. The summed E-state index contributed by atoms with van der Waals surface area (Å²) in [5, 5.41) is 0. The number of aromatic nitrogens is 2. The van der Waals surface area contributed by atoms with Crippen molar-refractivity contribution in [3.05, 3.63) is 77.1 Å². The van der Waals surface area contributed by atoms with Gasteiger partial charge in [-0.15, -0.1) is 0 Å². The number of aryl methyl sites for hydroxylation is 2. The van der Waals surface area contributed by atoms with Gasteiger partial charge in [0.1, 0.15) is 18.0 Å². The third-order valence-corrected chi connectivity index (χ3v) is 8.79. The lowest BCUT2D eigenvalue weighted by Gasteiger charge is -2.52. The highest BCUT2D eigenvalue weighted by molar-refractivity contribution is 6.03. The lowest BCUT2D eigenvalue weighted by molar-refractivity contribution is -0.134. The van der Waals surface area contributed by atoms with E-state index in [1.165, 1.54) is 23.0 Å². The normalized spacial score (nSPS) is 25.2. The highest BCUT2D eigenvalue weighted by Crippen LogP contribution is 2.57. The summed E-state index contributed by atoms with van der Waals surface area (Å²) in [7, 11) is 0. The van der Waals surface area contributed by atoms with E-state index in [-0.39, 0.29) is 11.8 Å². The first kappa shape index (κ1) is 24.5. The van der Waals surface area contributed by atoms with Crippen LogP contribution in [0.2, 0.25) is 0 Å². The molecule has 5 heteroatoms. The van der Waals surface area contributed by atoms with E-state index in [1.807, 2.05) is 24.3 Å². The number of nitrogen functional groups attached to an aromatic ring is 1. The fourth-order valence-corrected chi connectivity index (χ4v) is 6.60. The molecule has 2 aromatic carbocycles. The minimum absolute atomic E-state index is 0.105. The molecule has 2 aliphatic carbocycles. The molecule has 0 aliphatic heterocycles. The smallest absolute Gasteiger partial charge is 0.238 e. The summed E-state index contributed by atoms with van der Waals surface area (Å²) in [6.07, 6.45) is 5.40. The molecule has 1 saturated carbocycles. The molecule has 3 aromatic rings. The van der Waals surface area contributed by atoms with Crippen molar-refractivity contribution >= 4 is 23.2 Å². The maximum Gasteiger partial charge on any atom is 0.238 e. The van der Waals surface area contributed by atoms with Gasteiger partial charge in [0.15, 0.2) is 0 Å². The minimum atomic E-state index is -0.504. The van der Waals surface area contributed by atoms with E-state index in [4.69, 9.17) is 5.73 Å². The molecule has 0 unspecified atom stereocenters. The first-order valence-electron chi connectivity index (χ1n) is 13.3. The molecule has 4 atom stereocenters. The van der Waals surface area contributed by atoms with Gasteiger partial charge in [0, 0.05) is 6.07 Å². The number of benzene rings is 2. The van der Waals surface area contributed by atoms with Crippen LogP contribution in [0.3, 0.4) is 0 Å². The van der Waals surface area contributed by atoms with Crippen molar-refractivity contribution in [3.8, 4) is 0 Å². The maximum absolute atomic E-state index is 14.7. The van der Waals surface area contributed by atoms with Gasteiger partial charge < -0.3 is 5.73 Å². The van der Waals surface area contributed by atoms with E-state index in [2.05, 4.69) is 62.8 Å². The number of nitrogens with zero attached hydrogens (tertiary/aromatic N) is 3. The number of anilines is 3. The van der Waals surface area contributed by atoms with Crippen LogP contribution < -0.4 is 10.6 Å². The predicted molar refractivity (Wildman–Crippen MR) is 146 cm³/mol. The quantitative estimate of drug-likeness (QED) is 0.437. The van der Waals surface area contributed by atoms with Gasteiger partial charge in [0.2, 0.25) is 5.91 Å². The van der Waals surface area contributed by atoms with Crippen LogP contribution in [0.4, 0.5) is 17.3 Å². The van der Waals surface area contributed by atoms with Crippen LogP contribution in [0.5, 0.6) is 0 Å². The van der Waals surface area contributed by atoms with Crippen molar-refractivity contribution in [1.82, 2.24) is 9.97 Å². The number of fused-ring (bicyclic) bond motifs is 3. The second kappa shape index (κ2) is 9.34. The molecule has 2 aliphatic rings. The van der Waals surface area contributed by atoms with Crippen LogP contribution in [0.25, 0.3) is 0 Å². The van der Waals surface area contributed by atoms with Gasteiger partial charge in [-0.1, -0.05) is 63.6 Å². The molecule has 0 saturated heterocycles. The van der Waals surface area contributed by atoms with Crippen molar-refractivity contribution in [2.45, 2.75) is 72.1 Å². The molecule has 1 heterocycles. The van der Waals surface area contributed by atoms with Crippen molar-refractivity contribution < 1.29 is 4.79 Å². The van der Waals surface area contributed by atoms with E-state index in [0.717, 1.165) is 36.9 Å². The van der Waals surface area contributed by atoms with Crippen molar-refractivity contribution in [2.75, 3.05) is 10.6 Å². The van der Waals surface area contributed by atoms with Crippen LogP contribution in [-0.4, -0.2) is 15.9 Å². The Morgan fingerprint density at radius 2 is 1.83 bits per heavy atom. The van der Waals surface area contributed by atoms with Gasteiger partial charge in [-0.3, -0.25) is 9.69 Å². The molecular weight excluding hydrogens is 444 g/mol. The molecule has 188 valence electrons. The Kier molecular flexibility index (Phi) is 6.36. The highest BCUT2D eigenvalue weighted by atomic mass is 16.2. The highest BCUT2D eigenvalue weighted by Gasteiger charge is 2.53. The number of amides is 1. The van der Waals surface area contributed by atoms with E-state index in [0.29, 0.717) is 29.4 Å². The van der Waals surface area contributed by atoms with E-state index in [9.17, 15) is 4.79 Å². The van der Waals surface area contributed by atoms with E-state index in [1.54, 1.807) is 11.0 Å². The monoisotopic (exact) mass is 482 g/mol. The average Bonchev–Trinajstić information content (AvgIpc) is 2.87. The van der Waals surface area contributed by atoms with Crippen LogP contribution in [0.15, 0.2) is 54.9 Å². The lowest BCUT2D eigenvalue weighted by Crippen LogP contribution is -2.51. The number of hydrogen-bond acceptors (Lipinski definition) is 4. The second-order valence-corrected chi connectivity index (χ2v) is 11.5. The van der Waals surface area contributed by atoms with Crippen LogP contribution in [0, 0.1) is 24.2 Å². The molecule has 1 fully saturated rings. The number of carbonyl (C=O) groups excluding carboxylic acids is 1. The number of carbonyl (C=O) groups is 1. The summed E-state index contributed by atoms with van der Waals surface area (Å²) >= 11 is 0. The van der Waals surface area contributed by atoms with Crippen LogP contribution >= 0.6 is 0 Å². The van der Waals surface area contributed by atoms with Crippen molar-refractivity contribution in [2.24, 2.45) is 17.3 Å². The van der Waals surface area contributed by atoms with Crippen LogP contribution in [-0.2, 0) is 11.2 Å². The molecule has 2 N–H and O–H groups in total. The standard InChI is InChI=1S/C31H38N4O/c1-19(2)22-8-12-25-23(16-22)9-13-26-29(25)21(4)14-15-31(26,5)30(36)35(24-10-6-20(3)7-11-24)28-17-27(32)33-18-34-28/h6-8,10-12,16-19,21,26,29H,9,13-15H2,1-5H3,(H2,32,33,34)/t21-,26+,29+,31+/m0/s1. The average molecular weight is 483 g/mol. The Bertz CT molecular complexity index is 1270. The van der Waals surface area contributed by atoms with E-state index < -0.39 is 5.41 Å². The van der Waals surface area contributed by atoms with E-state index >= 15 is 0 Å². The Labute approximate surface area is 215 Å². The third kappa shape index (κ3) is 4.19. The van der Waals surface area contributed by atoms with Gasteiger partial charge in [-0.2, -0.15) is 0 Å². The molecular formula is C31H38N4O. The molecule has 0 radical (unpaired) electrons. The maximum atomic E-state index is 14.7. The third-order valence-electron chi connectivity index (χ3n) is 8.79. The zero-order valence-electron chi connectivity index (χ0n) is 22.2. The topological polar surface area (TPSA) is 72.1 Å². The summed E-state index contributed by atoms with van der Waals surface area (Å²) in [6, 6.07) is 16.9. The predicted octanol–water partition coefficient (Wildman–Crippen LogP) is 6.94. The number of nitrogens with two attached hydrogens (primary N) is 1. The zero-order valence-corrected chi connectivity index (χ0v) is 22.2. The first-order chi connectivity index (χ1) is 17.2. The molecule has 1 amide bonds. The zero-order chi connectivity index (χ0) is 25.6. The summed E-state index contributed by atoms with van der Waals surface area (Å²) in [4.78, 5) is 25.0. The summed E-state index contributed by atoms with van der Waals surface area (Å²) in [6.45, 7) is 11.1. The molecule has 1 aromatic heterocycles. The SMILES string of the molecule is Cc1ccc(N(C(=O)[C@]2(C)CC[C@H](C)[C@@H]3c4ccc(C(C)C)cc4CC[C@H]32)c2cc(N)ncn2)cc1. The Morgan fingerprint density at radius 3 is 2.53 bits per heavy atom. The summed E-state index contributed by atoms with van der Waals surface area (Å²) < 4.78 is 0. The largest absolute Gasteiger partial charge is 0.384 e. The molecule has 5 rings (SSSR count). The molecule has 0 bridgehead atoms. The molecule has 5 nitrogen and oxygen atoms in total. The second-order valence-electron chi connectivity index (χ2n) is 11.5. The summed E-state index contributed by atoms with van der Waals surface area (Å²) in [5.41, 5.74) is 11.8. The Morgan fingerprint density at radius 1 is 1.08 bits per heavy atom. The Hall–Kier alpha value is -3.21. The van der Waals surface area contributed by atoms with Crippen LogP contribution in [0.1, 0.15) is 81.0 Å². The number of rotatable bonds is 4. The minimum Gasteiger partial charge on any atom is -0.384 e. The van der Waals surface area contributed by atoms with Gasteiger partial charge in [0.05, 0.1) is 11.1 Å². The Balaban J connectivity index is 1.57. The first-order valence-corrected chi connectivity index (χ1v) is 13.3. The van der Waals surface area contributed by atoms with Gasteiger partial charge >= 0.3 is 0 Å². The van der Waals surface area contributed by atoms with Crippen molar-refractivity contribution in [1.29, 1.82) is 0 Å². The fraction of sp³-hybridized carbons (Fsp3) is 0.452.